The minimum Gasteiger partial charge on any atom is -0.378 e. The van der Waals surface area contributed by atoms with Gasteiger partial charge in [-0.25, -0.2) is 0 Å². The van der Waals surface area contributed by atoms with Gasteiger partial charge in [-0.3, -0.25) is 5.41 Å². The average molecular weight is 337 g/mol. The van der Waals surface area contributed by atoms with Gasteiger partial charge in [0.25, 0.3) is 0 Å². The van der Waals surface area contributed by atoms with Crippen LogP contribution in [0.5, 0.6) is 0 Å². The Bertz CT molecular complexity index is 448. The van der Waals surface area contributed by atoms with Crippen LogP contribution in [-0.4, -0.2) is 24.5 Å². The predicted octanol–water partition coefficient (Wildman–Crippen LogP) is 5.46. The highest BCUT2D eigenvalue weighted by Gasteiger charge is 2.00. The first-order valence-corrected chi connectivity index (χ1v) is 9.11. The fraction of sp³-hybridized carbons (Fsp3) is 0.421. The molecule has 2 N–H and O–H groups in total. The number of hydrogen-bond acceptors (Lipinski definition) is 4. The summed E-state index contributed by atoms with van der Waals surface area (Å²) in [4.78, 5) is 0. The fourth-order valence-electron chi connectivity index (χ4n) is 1.44. The second-order valence-electron chi connectivity index (χ2n) is 4.18. The van der Waals surface area contributed by atoms with Gasteiger partial charge >= 0.3 is 0 Å². The van der Waals surface area contributed by atoms with Crippen molar-refractivity contribution in [2.24, 2.45) is 0 Å². The zero-order valence-corrected chi connectivity index (χ0v) is 16.1. The van der Waals surface area contributed by atoms with Crippen LogP contribution in [0.4, 0.5) is 0 Å². The van der Waals surface area contributed by atoms with Gasteiger partial charge in [0.1, 0.15) is 0 Å². The van der Waals surface area contributed by atoms with E-state index in [1.165, 1.54) is 11.8 Å². The Morgan fingerprint density at radius 2 is 1.87 bits per heavy atom. The SMILES string of the molecule is C=C(/C=C\C(=N)SC)NC(=C)/C(=C/C)C/C=C\COCC.CC. The summed E-state index contributed by atoms with van der Waals surface area (Å²) < 4.78 is 5.25. The van der Waals surface area contributed by atoms with Crippen molar-refractivity contribution in [2.75, 3.05) is 19.5 Å². The van der Waals surface area contributed by atoms with E-state index in [-0.39, 0.29) is 0 Å². The zero-order chi connectivity index (χ0) is 18.1. The van der Waals surface area contributed by atoms with Crippen molar-refractivity contribution in [3.63, 3.8) is 0 Å². The van der Waals surface area contributed by atoms with Gasteiger partial charge in [0.15, 0.2) is 0 Å². The first-order valence-electron chi connectivity index (χ1n) is 7.88. The number of allylic oxidation sites excluding steroid dienone is 4. The van der Waals surface area contributed by atoms with E-state index in [1.54, 1.807) is 12.2 Å². The monoisotopic (exact) mass is 336 g/mol. The molecule has 0 saturated carbocycles. The topological polar surface area (TPSA) is 45.1 Å². The Balaban J connectivity index is 0. The van der Waals surface area contributed by atoms with Gasteiger partial charge < -0.3 is 10.1 Å². The lowest BCUT2D eigenvalue weighted by molar-refractivity contribution is 0.177. The summed E-state index contributed by atoms with van der Waals surface area (Å²) in [5.74, 6) is 0. The van der Waals surface area contributed by atoms with Crippen molar-refractivity contribution in [3.8, 4) is 0 Å². The van der Waals surface area contributed by atoms with Crippen LogP contribution in [-0.2, 0) is 4.74 Å². The van der Waals surface area contributed by atoms with Crippen LogP contribution in [0.15, 0.2) is 60.5 Å². The van der Waals surface area contributed by atoms with Crippen molar-refractivity contribution in [3.05, 3.63) is 60.5 Å². The van der Waals surface area contributed by atoms with E-state index >= 15 is 0 Å². The van der Waals surface area contributed by atoms with E-state index < -0.39 is 0 Å². The first-order chi connectivity index (χ1) is 11.0. The third kappa shape index (κ3) is 13.8. The molecular weight excluding hydrogens is 304 g/mol. The minimum absolute atomic E-state index is 0.494. The number of nitrogens with one attached hydrogen (secondary N) is 2. The first kappa shape index (κ1) is 23.7. The summed E-state index contributed by atoms with van der Waals surface area (Å²) in [6.45, 7) is 17.3. The van der Waals surface area contributed by atoms with Crippen LogP contribution in [0.3, 0.4) is 0 Å². The van der Waals surface area contributed by atoms with Gasteiger partial charge in [-0.2, -0.15) is 0 Å². The van der Waals surface area contributed by atoms with E-state index in [4.69, 9.17) is 10.1 Å². The Hall–Kier alpha value is -1.52. The Morgan fingerprint density at radius 3 is 2.39 bits per heavy atom. The fourth-order valence-corrected chi connectivity index (χ4v) is 1.64. The summed E-state index contributed by atoms with van der Waals surface area (Å²) >= 11 is 1.39. The molecule has 0 aromatic rings. The lowest BCUT2D eigenvalue weighted by atomic mass is 10.1. The summed E-state index contributed by atoms with van der Waals surface area (Å²) in [6, 6.07) is 0. The van der Waals surface area contributed by atoms with Crippen molar-refractivity contribution < 1.29 is 4.74 Å². The second-order valence-corrected chi connectivity index (χ2v) is 5.03. The Morgan fingerprint density at radius 1 is 1.22 bits per heavy atom. The average Bonchev–Trinajstić information content (AvgIpc) is 2.57. The molecule has 3 nitrogen and oxygen atoms in total. The molecule has 0 aromatic heterocycles. The van der Waals surface area contributed by atoms with Crippen LogP contribution in [0.25, 0.3) is 0 Å². The van der Waals surface area contributed by atoms with Crippen molar-refractivity contribution in [1.29, 1.82) is 5.41 Å². The Kier molecular flexibility index (Phi) is 17.4. The van der Waals surface area contributed by atoms with Gasteiger partial charge in [0, 0.05) is 18.0 Å². The predicted molar refractivity (Wildman–Crippen MR) is 107 cm³/mol. The normalized spacial score (nSPS) is 11.3. The molecular formula is C19H32N2OS. The molecule has 0 aliphatic rings. The van der Waals surface area contributed by atoms with Gasteiger partial charge in [-0.15, -0.1) is 11.8 Å². The zero-order valence-electron chi connectivity index (χ0n) is 15.2. The molecule has 0 spiro atoms. The van der Waals surface area contributed by atoms with E-state index in [0.29, 0.717) is 11.7 Å². The minimum atomic E-state index is 0.494. The number of ether oxygens (including phenoxy) is 1. The summed E-state index contributed by atoms with van der Waals surface area (Å²) in [6.07, 6.45) is 12.3. The maximum Gasteiger partial charge on any atom is 0.0867 e. The van der Waals surface area contributed by atoms with Crippen molar-refractivity contribution in [1.82, 2.24) is 5.32 Å². The van der Waals surface area contributed by atoms with E-state index in [1.807, 2.05) is 46.1 Å². The van der Waals surface area contributed by atoms with Crippen LogP contribution >= 0.6 is 11.8 Å². The molecule has 23 heavy (non-hydrogen) atoms. The molecule has 0 amide bonds. The standard InChI is InChI=1S/C17H26N2OS.C2H6/c1-6-16(10-8-9-13-20-7-2)15(4)19-14(3)11-12-17(18)21-5;1-2/h6,8-9,11-12,18-19H,3-4,7,10,13H2,1-2,5H3;1-2H3/b9-8-,12-11-,16-6+,18-17?;. The number of hydrogen-bond donors (Lipinski definition) is 2. The molecule has 0 heterocycles. The Labute approximate surface area is 146 Å². The summed E-state index contributed by atoms with van der Waals surface area (Å²) in [5, 5.41) is 11.2. The molecule has 0 radical (unpaired) electrons. The molecule has 0 unspecified atom stereocenters. The van der Waals surface area contributed by atoms with Gasteiger partial charge in [0.05, 0.1) is 11.7 Å². The molecule has 0 bridgehead atoms. The lowest BCUT2D eigenvalue weighted by Gasteiger charge is -2.12. The van der Waals surface area contributed by atoms with Gasteiger partial charge in [-0.05, 0) is 44.2 Å². The van der Waals surface area contributed by atoms with Crippen LogP contribution in [0.1, 0.15) is 34.1 Å². The molecule has 0 aliphatic carbocycles. The molecule has 0 aliphatic heterocycles. The highest BCUT2D eigenvalue weighted by Crippen LogP contribution is 2.12. The number of thioether (sulfide) groups is 1. The second kappa shape index (κ2) is 16.8. The van der Waals surface area contributed by atoms with Crippen molar-refractivity contribution in [2.45, 2.75) is 34.1 Å². The molecule has 0 fully saturated rings. The lowest BCUT2D eigenvalue weighted by Crippen LogP contribution is -2.11. The quantitative estimate of drug-likeness (QED) is 0.183. The molecule has 0 saturated heterocycles. The van der Waals surface area contributed by atoms with Crippen LogP contribution in [0, 0.1) is 5.41 Å². The molecule has 0 rings (SSSR count). The highest BCUT2D eigenvalue weighted by atomic mass is 32.2. The van der Waals surface area contributed by atoms with Gasteiger partial charge in [0.2, 0.25) is 0 Å². The van der Waals surface area contributed by atoms with Crippen LogP contribution in [0.2, 0.25) is 0 Å². The van der Waals surface area contributed by atoms with E-state index in [2.05, 4.69) is 24.6 Å². The molecule has 130 valence electrons. The molecule has 0 atom stereocenters. The van der Waals surface area contributed by atoms with Gasteiger partial charge in [-0.1, -0.05) is 45.2 Å². The molecule has 4 heteroatoms. The third-order valence-electron chi connectivity index (χ3n) is 2.63. The summed E-state index contributed by atoms with van der Waals surface area (Å²) in [7, 11) is 0. The summed E-state index contributed by atoms with van der Waals surface area (Å²) in [5.41, 5.74) is 2.65. The van der Waals surface area contributed by atoms with E-state index in [9.17, 15) is 0 Å². The molecule has 0 aromatic carbocycles. The maximum atomic E-state index is 7.53. The third-order valence-corrected chi connectivity index (χ3v) is 3.20. The van der Waals surface area contributed by atoms with Crippen molar-refractivity contribution >= 4 is 16.8 Å². The van der Waals surface area contributed by atoms with Crippen LogP contribution < -0.4 is 5.32 Å². The smallest absolute Gasteiger partial charge is 0.0867 e. The largest absolute Gasteiger partial charge is 0.378 e. The van der Waals surface area contributed by atoms with E-state index in [0.717, 1.165) is 30.0 Å². The number of rotatable bonds is 10. The maximum absolute atomic E-state index is 7.53. The highest BCUT2D eigenvalue weighted by molar-refractivity contribution is 8.13.